The Kier molecular flexibility index (Phi) is 4.64. The van der Waals surface area contributed by atoms with E-state index in [1.165, 1.54) is 4.90 Å². The molecular weight excluding hydrogens is 315 g/mol. The van der Waals surface area contributed by atoms with Gasteiger partial charge in [0.2, 0.25) is 0 Å². The first-order valence-corrected chi connectivity index (χ1v) is 7.36. The molecule has 7 heteroatoms. The van der Waals surface area contributed by atoms with E-state index in [2.05, 4.69) is 5.32 Å². The zero-order chi connectivity index (χ0) is 15.6. The van der Waals surface area contributed by atoms with Crippen molar-refractivity contribution in [2.45, 2.75) is 31.7 Å². The molecule has 0 aliphatic carbocycles. The summed E-state index contributed by atoms with van der Waals surface area (Å²) in [6, 6.07) is 4.22. The Hall–Kier alpha value is -1.46. The van der Waals surface area contributed by atoms with Gasteiger partial charge in [0.25, 0.3) is 0 Å². The van der Waals surface area contributed by atoms with E-state index < -0.39 is 17.5 Å². The number of hydrogen-bond acceptors (Lipinski definition) is 2. The summed E-state index contributed by atoms with van der Waals surface area (Å²) in [5.41, 5.74) is -0.749. The first kappa shape index (κ1) is 15.9. The van der Waals surface area contributed by atoms with Gasteiger partial charge in [0, 0.05) is 22.3 Å². The third-order valence-electron chi connectivity index (χ3n) is 3.71. The molecule has 0 spiro atoms. The average molecular weight is 331 g/mol. The van der Waals surface area contributed by atoms with Crippen LogP contribution >= 0.6 is 23.2 Å². The molecule has 2 rings (SSSR count). The van der Waals surface area contributed by atoms with E-state index in [4.69, 9.17) is 23.2 Å². The van der Waals surface area contributed by atoms with Crippen LogP contribution in [0.15, 0.2) is 18.2 Å². The number of likely N-dealkylation sites (tertiary alicyclic amines) is 1. The summed E-state index contributed by atoms with van der Waals surface area (Å²) >= 11 is 11.8. The van der Waals surface area contributed by atoms with E-state index in [9.17, 15) is 14.7 Å². The highest BCUT2D eigenvalue weighted by atomic mass is 35.5. The van der Waals surface area contributed by atoms with Crippen LogP contribution < -0.4 is 5.32 Å². The number of carboxylic acids is 1. The number of amides is 2. The molecule has 1 fully saturated rings. The van der Waals surface area contributed by atoms with Crippen LogP contribution in [0.5, 0.6) is 0 Å². The standard InChI is InChI=1S/C14H16Cl2N2O3/c1-14(12(19)20)4-2-3-5-18(14)13(21)17-11-7-9(15)6-10(16)8-11/h6-8H,2-5H2,1H3,(H,17,21)(H,19,20). The SMILES string of the molecule is CC1(C(=O)O)CCCCN1C(=O)Nc1cc(Cl)cc(Cl)c1. The summed E-state index contributed by atoms with van der Waals surface area (Å²) in [5, 5.41) is 12.9. The number of piperidine rings is 1. The summed E-state index contributed by atoms with van der Waals surface area (Å²) in [6.07, 6.45) is 2.01. The maximum absolute atomic E-state index is 12.4. The van der Waals surface area contributed by atoms with E-state index in [1.54, 1.807) is 25.1 Å². The number of benzene rings is 1. The van der Waals surface area contributed by atoms with Gasteiger partial charge >= 0.3 is 12.0 Å². The van der Waals surface area contributed by atoms with Gasteiger partial charge < -0.3 is 15.3 Å². The topological polar surface area (TPSA) is 69.6 Å². The Morgan fingerprint density at radius 1 is 1.24 bits per heavy atom. The van der Waals surface area contributed by atoms with Gasteiger partial charge in [0.1, 0.15) is 5.54 Å². The molecule has 21 heavy (non-hydrogen) atoms. The fraction of sp³-hybridized carbons (Fsp3) is 0.429. The zero-order valence-corrected chi connectivity index (χ0v) is 13.0. The van der Waals surface area contributed by atoms with Crippen molar-refractivity contribution in [3.05, 3.63) is 28.2 Å². The number of nitrogens with zero attached hydrogens (tertiary/aromatic N) is 1. The normalized spacial score (nSPS) is 22.0. The molecule has 2 N–H and O–H groups in total. The predicted molar refractivity (Wildman–Crippen MR) is 82.1 cm³/mol. The van der Waals surface area contributed by atoms with Crippen LogP contribution in [0.3, 0.4) is 0 Å². The van der Waals surface area contributed by atoms with Gasteiger partial charge in [-0.3, -0.25) is 0 Å². The Labute approximate surface area is 132 Å². The number of nitrogens with one attached hydrogen (secondary N) is 1. The van der Waals surface area contributed by atoms with Crippen LogP contribution in [0.4, 0.5) is 10.5 Å². The Morgan fingerprint density at radius 2 is 1.86 bits per heavy atom. The van der Waals surface area contributed by atoms with E-state index >= 15 is 0 Å². The predicted octanol–water partition coefficient (Wildman–Crippen LogP) is 3.85. The maximum atomic E-state index is 12.4. The second-order valence-corrected chi connectivity index (χ2v) is 6.15. The summed E-state index contributed by atoms with van der Waals surface area (Å²) in [5.74, 6) is -0.999. The Bertz CT molecular complexity index is 559. The third-order valence-corrected chi connectivity index (χ3v) is 4.15. The smallest absolute Gasteiger partial charge is 0.329 e. The van der Waals surface area contributed by atoms with Crippen LogP contribution in [-0.2, 0) is 4.79 Å². The molecule has 1 aliphatic heterocycles. The zero-order valence-electron chi connectivity index (χ0n) is 11.5. The molecule has 114 valence electrons. The number of halogens is 2. The lowest BCUT2D eigenvalue weighted by atomic mass is 9.89. The number of aliphatic carboxylic acids is 1. The minimum Gasteiger partial charge on any atom is -0.480 e. The molecule has 5 nitrogen and oxygen atoms in total. The van der Waals surface area contributed by atoms with E-state index in [-0.39, 0.29) is 0 Å². The van der Waals surface area contributed by atoms with Crippen LogP contribution in [0.1, 0.15) is 26.2 Å². The minimum atomic E-state index is -1.19. The first-order valence-electron chi connectivity index (χ1n) is 6.61. The van der Waals surface area contributed by atoms with Gasteiger partial charge in [-0.15, -0.1) is 0 Å². The molecule has 1 aromatic carbocycles. The molecule has 1 aliphatic rings. The number of rotatable bonds is 2. The van der Waals surface area contributed by atoms with Crippen molar-refractivity contribution in [2.75, 3.05) is 11.9 Å². The van der Waals surface area contributed by atoms with Gasteiger partial charge in [-0.25, -0.2) is 9.59 Å². The summed E-state index contributed by atoms with van der Waals surface area (Å²) < 4.78 is 0. The van der Waals surface area contributed by atoms with Crippen LogP contribution in [0.2, 0.25) is 10.0 Å². The van der Waals surface area contributed by atoms with Gasteiger partial charge in [0.05, 0.1) is 0 Å². The van der Waals surface area contributed by atoms with E-state index in [0.29, 0.717) is 28.7 Å². The quantitative estimate of drug-likeness (QED) is 0.865. The van der Waals surface area contributed by atoms with Gasteiger partial charge in [-0.1, -0.05) is 23.2 Å². The average Bonchev–Trinajstić information content (AvgIpc) is 2.37. The molecule has 0 aromatic heterocycles. The van der Waals surface area contributed by atoms with Crippen molar-refractivity contribution >= 4 is 40.9 Å². The van der Waals surface area contributed by atoms with Crippen molar-refractivity contribution in [1.29, 1.82) is 0 Å². The summed E-state index contributed by atoms with van der Waals surface area (Å²) in [7, 11) is 0. The lowest BCUT2D eigenvalue weighted by Crippen LogP contribution is -2.58. The molecule has 2 amide bonds. The van der Waals surface area contributed by atoms with Gasteiger partial charge in [-0.05, 0) is 44.4 Å². The second kappa shape index (κ2) is 6.12. The van der Waals surface area contributed by atoms with Crippen molar-refractivity contribution in [2.24, 2.45) is 0 Å². The minimum absolute atomic E-state index is 0.400. The fourth-order valence-corrected chi connectivity index (χ4v) is 3.01. The van der Waals surface area contributed by atoms with Crippen LogP contribution in [0, 0.1) is 0 Å². The van der Waals surface area contributed by atoms with Gasteiger partial charge in [0.15, 0.2) is 0 Å². The van der Waals surface area contributed by atoms with Crippen molar-refractivity contribution < 1.29 is 14.7 Å². The molecule has 0 bridgehead atoms. The molecule has 1 unspecified atom stereocenters. The van der Waals surface area contributed by atoms with Gasteiger partial charge in [-0.2, -0.15) is 0 Å². The number of carbonyl (C=O) groups excluding carboxylic acids is 1. The van der Waals surface area contributed by atoms with Crippen LogP contribution in [0.25, 0.3) is 0 Å². The lowest BCUT2D eigenvalue weighted by molar-refractivity contribution is -0.150. The Balaban J connectivity index is 2.20. The van der Waals surface area contributed by atoms with Crippen molar-refractivity contribution in [1.82, 2.24) is 4.90 Å². The molecule has 1 aromatic rings. The second-order valence-electron chi connectivity index (χ2n) is 5.28. The largest absolute Gasteiger partial charge is 0.480 e. The van der Waals surface area contributed by atoms with E-state index in [1.807, 2.05) is 0 Å². The summed E-state index contributed by atoms with van der Waals surface area (Å²) in [4.78, 5) is 25.2. The summed E-state index contributed by atoms with van der Waals surface area (Å²) in [6.45, 7) is 1.97. The maximum Gasteiger partial charge on any atom is 0.329 e. The highest BCUT2D eigenvalue weighted by Crippen LogP contribution is 2.29. The number of anilines is 1. The first-order chi connectivity index (χ1) is 9.83. The highest BCUT2D eigenvalue weighted by Gasteiger charge is 2.44. The molecule has 1 saturated heterocycles. The number of carbonyl (C=O) groups is 2. The monoisotopic (exact) mass is 330 g/mol. The third kappa shape index (κ3) is 3.41. The van der Waals surface area contributed by atoms with E-state index in [0.717, 1.165) is 12.8 Å². The van der Waals surface area contributed by atoms with Crippen molar-refractivity contribution in [3.8, 4) is 0 Å². The van der Waals surface area contributed by atoms with Crippen molar-refractivity contribution in [3.63, 3.8) is 0 Å². The molecular formula is C14H16Cl2N2O3. The number of hydrogen-bond donors (Lipinski definition) is 2. The molecule has 0 saturated carbocycles. The lowest BCUT2D eigenvalue weighted by Gasteiger charge is -2.41. The Morgan fingerprint density at radius 3 is 2.43 bits per heavy atom. The fourth-order valence-electron chi connectivity index (χ4n) is 2.49. The highest BCUT2D eigenvalue weighted by molar-refractivity contribution is 6.35. The molecule has 0 radical (unpaired) electrons. The van der Waals surface area contributed by atoms with Crippen LogP contribution in [-0.4, -0.2) is 34.1 Å². The number of urea groups is 1. The molecule has 1 atom stereocenters. The molecule has 1 heterocycles. The number of carboxylic acid groups (broad SMARTS) is 1.